The standard InChI is InChI=1S/C13H14N4OS/c1-2-9(18-7-1)3-4-12-15-13-17(16-12)10-5-6-14-8-11(10)19-13/h1-2,7,14H,3-6,8H2. The smallest absolute Gasteiger partial charge is 0.212 e. The van der Waals surface area contributed by atoms with Gasteiger partial charge in [0, 0.05) is 37.2 Å². The molecule has 1 aliphatic heterocycles. The van der Waals surface area contributed by atoms with Crippen LogP contribution in [-0.2, 0) is 25.8 Å². The molecule has 98 valence electrons. The van der Waals surface area contributed by atoms with Gasteiger partial charge in [-0.15, -0.1) is 0 Å². The van der Waals surface area contributed by atoms with E-state index in [-0.39, 0.29) is 0 Å². The highest BCUT2D eigenvalue weighted by Gasteiger charge is 2.18. The third-order valence-electron chi connectivity index (χ3n) is 3.41. The van der Waals surface area contributed by atoms with Crippen molar-refractivity contribution < 1.29 is 4.42 Å². The molecule has 0 radical (unpaired) electrons. The summed E-state index contributed by atoms with van der Waals surface area (Å²) >= 11 is 1.75. The predicted octanol–water partition coefficient (Wildman–Crippen LogP) is 1.81. The van der Waals surface area contributed by atoms with Gasteiger partial charge in [0.2, 0.25) is 4.96 Å². The van der Waals surface area contributed by atoms with Crippen molar-refractivity contribution >= 4 is 16.3 Å². The molecule has 0 fully saturated rings. The van der Waals surface area contributed by atoms with Gasteiger partial charge in [0.05, 0.1) is 12.0 Å². The van der Waals surface area contributed by atoms with Crippen molar-refractivity contribution in [3.05, 3.63) is 40.6 Å². The van der Waals surface area contributed by atoms with Gasteiger partial charge in [0.15, 0.2) is 5.82 Å². The molecule has 0 spiro atoms. The highest BCUT2D eigenvalue weighted by atomic mass is 32.1. The van der Waals surface area contributed by atoms with Crippen LogP contribution in [0.2, 0.25) is 0 Å². The monoisotopic (exact) mass is 274 g/mol. The SMILES string of the molecule is c1coc(CCc2nc3sc4c(n3n2)CCNC4)c1. The van der Waals surface area contributed by atoms with Gasteiger partial charge < -0.3 is 9.73 Å². The zero-order chi connectivity index (χ0) is 12.7. The molecule has 19 heavy (non-hydrogen) atoms. The molecule has 1 N–H and O–H groups in total. The number of hydrogen-bond donors (Lipinski definition) is 1. The van der Waals surface area contributed by atoms with Gasteiger partial charge in [-0.1, -0.05) is 11.3 Å². The fraction of sp³-hybridized carbons (Fsp3) is 0.385. The topological polar surface area (TPSA) is 55.4 Å². The number of fused-ring (bicyclic) bond motifs is 3. The van der Waals surface area contributed by atoms with E-state index >= 15 is 0 Å². The fourth-order valence-corrected chi connectivity index (χ4v) is 3.54. The van der Waals surface area contributed by atoms with Crippen LogP contribution in [0, 0.1) is 0 Å². The first kappa shape index (κ1) is 11.2. The highest BCUT2D eigenvalue weighted by molar-refractivity contribution is 7.17. The van der Waals surface area contributed by atoms with Crippen molar-refractivity contribution in [2.45, 2.75) is 25.8 Å². The number of nitrogens with zero attached hydrogens (tertiary/aromatic N) is 3. The minimum Gasteiger partial charge on any atom is -0.469 e. The van der Waals surface area contributed by atoms with E-state index in [9.17, 15) is 0 Å². The van der Waals surface area contributed by atoms with E-state index in [1.54, 1.807) is 17.6 Å². The maximum absolute atomic E-state index is 5.33. The van der Waals surface area contributed by atoms with Crippen molar-refractivity contribution in [1.29, 1.82) is 0 Å². The maximum Gasteiger partial charge on any atom is 0.212 e. The third-order valence-corrected chi connectivity index (χ3v) is 4.49. The number of nitrogens with one attached hydrogen (secondary N) is 1. The molecular formula is C13H14N4OS. The lowest BCUT2D eigenvalue weighted by Crippen LogP contribution is -2.23. The van der Waals surface area contributed by atoms with E-state index in [1.165, 1.54) is 10.6 Å². The molecule has 1 aliphatic rings. The van der Waals surface area contributed by atoms with E-state index in [0.29, 0.717) is 0 Å². The number of aromatic nitrogens is 3. The van der Waals surface area contributed by atoms with Crippen LogP contribution in [0.1, 0.15) is 22.2 Å². The quantitative estimate of drug-likeness (QED) is 0.791. The van der Waals surface area contributed by atoms with E-state index in [0.717, 1.165) is 48.9 Å². The Balaban J connectivity index is 1.60. The van der Waals surface area contributed by atoms with Crippen molar-refractivity contribution in [1.82, 2.24) is 19.9 Å². The predicted molar refractivity (Wildman–Crippen MR) is 72.4 cm³/mol. The van der Waals surface area contributed by atoms with E-state index in [2.05, 4.69) is 15.4 Å². The minimum absolute atomic E-state index is 0.828. The molecule has 4 rings (SSSR count). The number of hydrogen-bond acceptors (Lipinski definition) is 5. The zero-order valence-electron chi connectivity index (χ0n) is 10.4. The number of furan rings is 1. The van der Waals surface area contributed by atoms with Crippen molar-refractivity contribution in [2.24, 2.45) is 0 Å². The molecule has 5 nitrogen and oxygen atoms in total. The Bertz CT molecular complexity index is 698. The molecule has 4 heterocycles. The van der Waals surface area contributed by atoms with Gasteiger partial charge in [-0.05, 0) is 12.1 Å². The molecule has 0 saturated heterocycles. The number of aryl methyl sites for hydroxylation is 2. The van der Waals surface area contributed by atoms with Gasteiger partial charge in [0.1, 0.15) is 5.76 Å². The van der Waals surface area contributed by atoms with E-state index in [1.807, 2.05) is 16.6 Å². The van der Waals surface area contributed by atoms with Crippen LogP contribution < -0.4 is 5.32 Å². The van der Waals surface area contributed by atoms with Crippen LogP contribution >= 0.6 is 11.3 Å². The lowest BCUT2D eigenvalue weighted by molar-refractivity contribution is 0.506. The molecule has 0 amide bonds. The first-order valence-corrected chi connectivity index (χ1v) is 7.31. The molecule has 0 saturated carbocycles. The van der Waals surface area contributed by atoms with Crippen molar-refractivity contribution in [3.63, 3.8) is 0 Å². The normalized spacial score (nSPS) is 14.9. The average molecular weight is 274 g/mol. The first-order chi connectivity index (χ1) is 9.40. The van der Waals surface area contributed by atoms with Gasteiger partial charge >= 0.3 is 0 Å². The summed E-state index contributed by atoms with van der Waals surface area (Å²) in [5, 5.41) is 8.01. The Morgan fingerprint density at radius 2 is 2.42 bits per heavy atom. The van der Waals surface area contributed by atoms with Crippen molar-refractivity contribution in [2.75, 3.05) is 6.54 Å². The third kappa shape index (κ3) is 1.97. The zero-order valence-corrected chi connectivity index (χ0v) is 11.2. The molecule has 3 aromatic heterocycles. The summed E-state index contributed by atoms with van der Waals surface area (Å²) in [5.74, 6) is 1.90. The summed E-state index contributed by atoms with van der Waals surface area (Å²) in [6, 6.07) is 3.91. The summed E-state index contributed by atoms with van der Waals surface area (Å²) in [4.78, 5) is 7.01. The van der Waals surface area contributed by atoms with Gasteiger partial charge in [-0.3, -0.25) is 0 Å². The second-order valence-electron chi connectivity index (χ2n) is 4.70. The highest BCUT2D eigenvalue weighted by Crippen LogP contribution is 2.24. The summed E-state index contributed by atoms with van der Waals surface area (Å²) in [7, 11) is 0. The number of thiazole rings is 1. The lowest BCUT2D eigenvalue weighted by Gasteiger charge is -2.11. The van der Waals surface area contributed by atoms with E-state index in [4.69, 9.17) is 4.42 Å². The first-order valence-electron chi connectivity index (χ1n) is 6.49. The van der Waals surface area contributed by atoms with Crippen LogP contribution in [0.15, 0.2) is 22.8 Å². The van der Waals surface area contributed by atoms with E-state index < -0.39 is 0 Å². The molecule has 0 bridgehead atoms. The maximum atomic E-state index is 5.33. The Kier molecular flexibility index (Phi) is 2.63. The van der Waals surface area contributed by atoms with Crippen LogP contribution in [-0.4, -0.2) is 21.1 Å². The molecule has 0 aromatic carbocycles. The Hall–Kier alpha value is -1.66. The molecule has 0 atom stereocenters. The second kappa shape index (κ2) is 4.47. The molecule has 0 unspecified atom stereocenters. The van der Waals surface area contributed by atoms with Crippen LogP contribution in [0.4, 0.5) is 0 Å². The van der Waals surface area contributed by atoms with Gasteiger partial charge in [-0.25, -0.2) is 9.50 Å². The minimum atomic E-state index is 0.828. The summed E-state index contributed by atoms with van der Waals surface area (Å²) in [6.45, 7) is 1.98. The molecule has 6 heteroatoms. The van der Waals surface area contributed by atoms with Gasteiger partial charge in [0.25, 0.3) is 0 Å². The number of rotatable bonds is 3. The van der Waals surface area contributed by atoms with Gasteiger partial charge in [-0.2, -0.15) is 5.10 Å². The Morgan fingerprint density at radius 1 is 1.42 bits per heavy atom. The lowest BCUT2D eigenvalue weighted by atomic mass is 10.2. The van der Waals surface area contributed by atoms with Crippen LogP contribution in [0.25, 0.3) is 4.96 Å². The summed E-state index contributed by atoms with van der Waals surface area (Å²) < 4.78 is 7.36. The average Bonchev–Trinajstić information content (AvgIpc) is 3.12. The Morgan fingerprint density at radius 3 is 3.32 bits per heavy atom. The molecular weight excluding hydrogens is 260 g/mol. The Labute approximate surface area is 114 Å². The largest absolute Gasteiger partial charge is 0.469 e. The molecule has 3 aromatic rings. The van der Waals surface area contributed by atoms with Crippen LogP contribution in [0.5, 0.6) is 0 Å². The second-order valence-corrected chi connectivity index (χ2v) is 5.76. The summed E-state index contributed by atoms with van der Waals surface area (Å²) in [5.41, 5.74) is 1.33. The van der Waals surface area contributed by atoms with Crippen molar-refractivity contribution in [3.8, 4) is 0 Å². The van der Waals surface area contributed by atoms with Crippen LogP contribution in [0.3, 0.4) is 0 Å². The fourth-order valence-electron chi connectivity index (χ4n) is 2.46. The molecule has 0 aliphatic carbocycles. The summed E-state index contributed by atoms with van der Waals surface area (Å²) in [6.07, 6.45) is 4.43.